The SMILES string of the molecule is O=C(C1C2CC3CC(C2)CC1C3)N(Cc1cccnc1)C1CC1. The Balaban J connectivity index is 1.37. The number of carbonyl (C=O) groups excluding carboxylic acids is 1. The van der Waals surface area contributed by atoms with Crippen LogP contribution in [-0.4, -0.2) is 21.8 Å². The van der Waals surface area contributed by atoms with Crippen LogP contribution in [0.3, 0.4) is 0 Å². The van der Waals surface area contributed by atoms with Crippen LogP contribution in [0.25, 0.3) is 0 Å². The fourth-order valence-corrected chi connectivity index (χ4v) is 5.98. The predicted molar refractivity (Wildman–Crippen MR) is 88.3 cm³/mol. The molecule has 1 aromatic heterocycles. The highest BCUT2D eigenvalue weighted by Crippen LogP contribution is 2.57. The summed E-state index contributed by atoms with van der Waals surface area (Å²) in [6.45, 7) is 0.764. The van der Waals surface area contributed by atoms with Crippen molar-refractivity contribution in [2.24, 2.45) is 29.6 Å². The topological polar surface area (TPSA) is 33.2 Å². The van der Waals surface area contributed by atoms with Crippen molar-refractivity contribution in [3.63, 3.8) is 0 Å². The summed E-state index contributed by atoms with van der Waals surface area (Å²) in [5, 5.41) is 0. The van der Waals surface area contributed by atoms with E-state index in [0.29, 0.717) is 29.7 Å². The lowest BCUT2D eigenvalue weighted by Crippen LogP contribution is -2.52. The second kappa shape index (κ2) is 5.32. The first kappa shape index (κ1) is 14.0. The average Bonchev–Trinajstić information content (AvgIpc) is 3.37. The van der Waals surface area contributed by atoms with Crippen LogP contribution in [0.2, 0.25) is 0 Å². The summed E-state index contributed by atoms with van der Waals surface area (Å²) in [6.07, 6.45) is 12.9. The van der Waals surface area contributed by atoms with Gasteiger partial charge in [0.05, 0.1) is 0 Å². The van der Waals surface area contributed by atoms with E-state index < -0.39 is 0 Å². The molecule has 1 aromatic rings. The molecule has 23 heavy (non-hydrogen) atoms. The molecule has 1 heterocycles. The van der Waals surface area contributed by atoms with Crippen molar-refractivity contribution in [3.05, 3.63) is 30.1 Å². The Hall–Kier alpha value is -1.38. The predicted octanol–water partition coefficient (Wildman–Crippen LogP) is 3.64. The maximum atomic E-state index is 13.4. The third-order valence-corrected chi connectivity index (χ3v) is 6.86. The van der Waals surface area contributed by atoms with Crippen molar-refractivity contribution in [1.82, 2.24) is 9.88 Å². The summed E-state index contributed by atoms with van der Waals surface area (Å²) in [4.78, 5) is 19.9. The molecule has 1 amide bonds. The minimum Gasteiger partial charge on any atom is -0.335 e. The molecule has 5 fully saturated rings. The number of nitrogens with zero attached hydrogens (tertiary/aromatic N) is 2. The van der Waals surface area contributed by atoms with E-state index in [9.17, 15) is 4.79 Å². The molecule has 0 atom stereocenters. The molecule has 4 bridgehead atoms. The van der Waals surface area contributed by atoms with Gasteiger partial charge in [0.1, 0.15) is 0 Å². The molecule has 3 nitrogen and oxygen atoms in total. The maximum absolute atomic E-state index is 13.4. The zero-order valence-corrected chi connectivity index (χ0v) is 13.7. The van der Waals surface area contributed by atoms with Crippen molar-refractivity contribution >= 4 is 5.91 Å². The lowest BCUT2D eigenvalue weighted by Gasteiger charge is -2.54. The second-order valence-electron chi connectivity index (χ2n) is 8.52. The van der Waals surface area contributed by atoms with Gasteiger partial charge in [-0.1, -0.05) is 6.07 Å². The molecular formula is C20H26N2O. The highest BCUT2D eigenvalue weighted by molar-refractivity contribution is 5.80. The molecule has 3 heteroatoms. The first-order chi connectivity index (χ1) is 11.3. The van der Waals surface area contributed by atoms with Gasteiger partial charge in [-0.25, -0.2) is 0 Å². The van der Waals surface area contributed by atoms with Crippen molar-refractivity contribution in [1.29, 1.82) is 0 Å². The van der Waals surface area contributed by atoms with Gasteiger partial charge in [-0.2, -0.15) is 0 Å². The van der Waals surface area contributed by atoms with E-state index >= 15 is 0 Å². The van der Waals surface area contributed by atoms with Gasteiger partial charge in [-0.3, -0.25) is 9.78 Å². The van der Waals surface area contributed by atoms with Gasteiger partial charge in [0, 0.05) is 30.9 Å². The summed E-state index contributed by atoms with van der Waals surface area (Å²) in [5.74, 6) is 4.07. The second-order valence-corrected chi connectivity index (χ2v) is 8.52. The van der Waals surface area contributed by atoms with Gasteiger partial charge in [0.15, 0.2) is 0 Å². The van der Waals surface area contributed by atoms with Gasteiger partial charge < -0.3 is 4.90 Å². The normalized spacial score (nSPS) is 37.8. The Morgan fingerprint density at radius 2 is 1.78 bits per heavy atom. The smallest absolute Gasteiger partial charge is 0.226 e. The molecule has 0 aliphatic heterocycles. The number of rotatable bonds is 4. The van der Waals surface area contributed by atoms with E-state index in [-0.39, 0.29) is 0 Å². The third kappa shape index (κ3) is 2.49. The van der Waals surface area contributed by atoms with Crippen LogP contribution in [-0.2, 0) is 11.3 Å². The fraction of sp³-hybridized carbons (Fsp3) is 0.700. The molecule has 0 unspecified atom stereocenters. The Morgan fingerprint density at radius 1 is 1.09 bits per heavy atom. The zero-order valence-electron chi connectivity index (χ0n) is 13.7. The van der Waals surface area contributed by atoms with E-state index in [1.165, 1.54) is 50.5 Å². The number of hydrogen-bond acceptors (Lipinski definition) is 2. The van der Waals surface area contributed by atoms with E-state index in [1.54, 1.807) is 0 Å². The zero-order chi connectivity index (χ0) is 15.4. The van der Waals surface area contributed by atoms with Gasteiger partial charge in [-0.15, -0.1) is 0 Å². The van der Waals surface area contributed by atoms with E-state index in [2.05, 4.69) is 16.0 Å². The fourth-order valence-electron chi connectivity index (χ4n) is 5.98. The molecule has 122 valence electrons. The Morgan fingerprint density at radius 3 is 2.35 bits per heavy atom. The van der Waals surface area contributed by atoms with Crippen LogP contribution in [0, 0.1) is 29.6 Å². The Labute approximate surface area is 138 Å². The summed E-state index contributed by atoms with van der Waals surface area (Å²) < 4.78 is 0. The quantitative estimate of drug-likeness (QED) is 0.850. The number of amides is 1. The highest BCUT2D eigenvalue weighted by atomic mass is 16.2. The lowest BCUT2D eigenvalue weighted by atomic mass is 9.51. The molecule has 6 rings (SSSR count). The van der Waals surface area contributed by atoms with Crippen molar-refractivity contribution < 1.29 is 4.79 Å². The molecule has 5 saturated carbocycles. The first-order valence-corrected chi connectivity index (χ1v) is 9.47. The molecule has 0 spiro atoms. The van der Waals surface area contributed by atoms with E-state index in [0.717, 1.165) is 18.4 Å². The summed E-state index contributed by atoms with van der Waals surface area (Å²) in [7, 11) is 0. The van der Waals surface area contributed by atoms with Crippen LogP contribution in [0.5, 0.6) is 0 Å². The molecule has 0 N–H and O–H groups in total. The maximum Gasteiger partial charge on any atom is 0.226 e. The average molecular weight is 310 g/mol. The molecule has 5 aliphatic carbocycles. The molecule has 0 radical (unpaired) electrons. The van der Waals surface area contributed by atoms with Crippen molar-refractivity contribution in [2.45, 2.75) is 57.5 Å². The highest BCUT2D eigenvalue weighted by Gasteiger charge is 2.52. The molecule has 5 aliphatic rings. The monoisotopic (exact) mass is 310 g/mol. The number of pyridine rings is 1. The minimum absolute atomic E-state index is 0.333. The number of aromatic nitrogens is 1. The summed E-state index contributed by atoms with van der Waals surface area (Å²) >= 11 is 0. The van der Waals surface area contributed by atoms with Gasteiger partial charge in [0.25, 0.3) is 0 Å². The molecule has 0 saturated heterocycles. The first-order valence-electron chi connectivity index (χ1n) is 9.47. The van der Waals surface area contributed by atoms with Crippen LogP contribution in [0.15, 0.2) is 24.5 Å². The molecule has 0 aromatic carbocycles. The number of hydrogen-bond donors (Lipinski definition) is 0. The molecular weight excluding hydrogens is 284 g/mol. The van der Waals surface area contributed by atoms with Crippen LogP contribution >= 0.6 is 0 Å². The van der Waals surface area contributed by atoms with Crippen LogP contribution < -0.4 is 0 Å². The largest absolute Gasteiger partial charge is 0.335 e. The summed E-state index contributed by atoms with van der Waals surface area (Å²) in [5.41, 5.74) is 1.18. The standard InChI is InChI=1S/C20H26N2O/c23-20(19-16-7-14-6-15(9-16)10-17(19)8-14)22(18-3-4-18)12-13-2-1-5-21-11-13/h1-2,5,11,14-19H,3-4,6-10,12H2. The lowest BCUT2D eigenvalue weighted by molar-refractivity contribution is -0.150. The van der Waals surface area contributed by atoms with Crippen LogP contribution in [0.1, 0.15) is 50.5 Å². The van der Waals surface area contributed by atoms with E-state index in [4.69, 9.17) is 0 Å². The van der Waals surface area contributed by atoms with Crippen molar-refractivity contribution in [2.75, 3.05) is 0 Å². The Bertz CT molecular complexity index is 567. The minimum atomic E-state index is 0.333. The van der Waals surface area contributed by atoms with Gasteiger partial charge >= 0.3 is 0 Å². The van der Waals surface area contributed by atoms with Crippen molar-refractivity contribution in [3.8, 4) is 0 Å². The van der Waals surface area contributed by atoms with Gasteiger partial charge in [0.2, 0.25) is 5.91 Å². The van der Waals surface area contributed by atoms with Gasteiger partial charge in [-0.05, 0) is 80.2 Å². The Kier molecular flexibility index (Phi) is 3.24. The third-order valence-electron chi connectivity index (χ3n) is 6.86. The van der Waals surface area contributed by atoms with E-state index in [1.807, 2.05) is 18.5 Å². The van der Waals surface area contributed by atoms with Crippen LogP contribution in [0.4, 0.5) is 0 Å². The number of carbonyl (C=O) groups is 1. The summed E-state index contributed by atoms with van der Waals surface area (Å²) in [6, 6.07) is 4.58.